The Hall–Kier alpha value is -3.03. The van der Waals surface area contributed by atoms with Crippen molar-refractivity contribution < 1.29 is 89.4 Å². The molecule has 0 spiro atoms. The molecule has 12 N–H and O–H groups in total. The standard InChI is InChI=1S/C58H97NO18/c1-3-5-7-9-11-12-13-14-15-16-17-18-19-20-21-22-23-24-25-26-27-28-30-32-34-36-46(64)59-41(42(63)35-33-31-29-10-8-6-4-2)40-72-56-52(70)49(67)54(44(38-61)74-56)77-58-53(71)50(68)55(45(39-62)75-58)76-57-51(69)48(66)47(65)43(37-60)73-57/h5,7,11-12,14-15,17-18,20-21,23-24,26-27,41-45,47-58,60-63,65-71H,3-4,6,8-10,13,16,19,22,25,28-40H2,1-2H3,(H,59,64)/b7-5-,12-11-,15-14-,18-17-,21-20-,24-23-,27-26-. The van der Waals surface area contributed by atoms with Crippen LogP contribution in [0.4, 0.5) is 0 Å². The Balaban J connectivity index is 1.45. The molecule has 0 aliphatic carbocycles. The predicted octanol–water partition coefficient (Wildman–Crippen LogP) is 4.03. The Bertz CT molecular complexity index is 1740. The molecule has 77 heavy (non-hydrogen) atoms. The van der Waals surface area contributed by atoms with Gasteiger partial charge < -0.3 is 89.9 Å². The molecule has 0 aromatic carbocycles. The fourth-order valence-electron chi connectivity index (χ4n) is 9.05. The molecule has 3 heterocycles. The molecule has 0 saturated carbocycles. The van der Waals surface area contributed by atoms with Crippen LogP contribution in [-0.2, 0) is 33.2 Å². The maximum absolute atomic E-state index is 13.2. The molecular weight excluding hydrogens is 999 g/mol. The monoisotopic (exact) mass is 1100 g/mol. The van der Waals surface area contributed by atoms with Crippen LogP contribution in [0.15, 0.2) is 85.1 Å². The van der Waals surface area contributed by atoms with Gasteiger partial charge in [-0.05, 0) is 70.6 Å². The number of ether oxygens (including phenoxy) is 6. The molecule has 0 aromatic heterocycles. The van der Waals surface area contributed by atoms with E-state index in [4.69, 9.17) is 28.4 Å². The lowest BCUT2D eigenvalue weighted by Crippen LogP contribution is -2.66. The molecule has 3 fully saturated rings. The molecular formula is C58H97NO18. The van der Waals surface area contributed by atoms with Gasteiger partial charge in [0, 0.05) is 6.42 Å². The normalized spacial score (nSPS) is 31.4. The molecule has 442 valence electrons. The van der Waals surface area contributed by atoms with Crippen molar-refractivity contribution >= 4 is 5.91 Å². The zero-order valence-electron chi connectivity index (χ0n) is 45.6. The molecule has 3 saturated heterocycles. The third kappa shape index (κ3) is 25.5. The van der Waals surface area contributed by atoms with E-state index in [9.17, 15) is 61.0 Å². The van der Waals surface area contributed by atoms with Gasteiger partial charge in [-0.3, -0.25) is 4.79 Å². The van der Waals surface area contributed by atoms with Crippen LogP contribution in [0.5, 0.6) is 0 Å². The average Bonchev–Trinajstić information content (AvgIpc) is 3.43. The molecule has 3 aliphatic heterocycles. The van der Waals surface area contributed by atoms with Gasteiger partial charge in [-0.1, -0.05) is 150 Å². The topological polar surface area (TPSA) is 307 Å². The van der Waals surface area contributed by atoms with Gasteiger partial charge in [-0.25, -0.2) is 0 Å². The van der Waals surface area contributed by atoms with Gasteiger partial charge in [-0.15, -0.1) is 0 Å². The minimum absolute atomic E-state index is 0.220. The fourth-order valence-corrected chi connectivity index (χ4v) is 9.05. The first kappa shape index (κ1) is 68.2. The number of aliphatic hydroxyl groups excluding tert-OH is 11. The molecule has 17 unspecified atom stereocenters. The van der Waals surface area contributed by atoms with Crippen LogP contribution in [0.3, 0.4) is 0 Å². The van der Waals surface area contributed by atoms with Crippen LogP contribution in [-0.4, -0.2) is 193 Å². The van der Waals surface area contributed by atoms with Crippen molar-refractivity contribution in [1.82, 2.24) is 5.32 Å². The highest BCUT2D eigenvalue weighted by Crippen LogP contribution is 2.33. The van der Waals surface area contributed by atoms with Crippen LogP contribution in [0.25, 0.3) is 0 Å². The number of allylic oxidation sites excluding steroid dienone is 14. The lowest BCUT2D eigenvalue weighted by Gasteiger charge is -2.48. The van der Waals surface area contributed by atoms with Crippen LogP contribution in [0.2, 0.25) is 0 Å². The van der Waals surface area contributed by atoms with Crippen LogP contribution >= 0.6 is 0 Å². The molecule has 0 aromatic rings. The van der Waals surface area contributed by atoms with E-state index in [0.29, 0.717) is 19.3 Å². The van der Waals surface area contributed by atoms with Gasteiger partial charge in [0.2, 0.25) is 5.91 Å². The van der Waals surface area contributed by atoms with Crippen LogP contribution < -0.4 is 5.32 Å². The van der Waals surface area contributed by atoms with Crippen LogP contribution in [0, 0.1) is 0 Å². The second-order valence-electron chi connectivity index (χ2n) is 20.0. The maximum atomic E-state index is 13.2. The van der Waals surface area contributed by atoms with Gasteiger partial charge in [0.1, 0.15) is 73.2 Å². The summed E-state index contributed by atoms with van der Waals surface area (Å²) in [7, 11) is 0. The highest BCUT2D eigenvalue weighted by atomic mass is 16.8. The quantitative estimate of drug-likeness (QED) is 0.0305. The maximum Gasteiger partial charge on any atom is 0.220 e. The average molecular weight is 1100 g/mol. The molecule has 1 amide bonds. The lowest BCUT2D eigenvalue weighted by atomic mass is 9.96. The Kier molecular flexibility index (Phi) is 36.4. The second-order valence-corrected chi connectivity index (χ2v) is 20.0. The largest absolute Gasteiger partial charge is 0.394 e. The number of amides is 1. The fraction of sp³-hybridized carbons (Fsp3) is 0.741. The first-order chi connectivity index (χ1) is 37.3. The molecule has 3 aliphatic rings. The number of carbonyl (C=O) groups is 1. The van der Waals surface area contributed by atoms with Gasteiger partial charge in [-0.2, -0.15) is 0 Å². The van der Waals surface area contributed by atoms with Crippen molar-refractivity contribution in [3.05, 3.63) is 85.1 Å². The van der Waals surface area contributed by atoms with E-state index in [1.54, 1.807) is 0 Å². The SMILES string of the molecule is CC/C=C\C/C=C\C/C=C\C/C=C\C/C=C\C/C=C\C/C=C\CCCCCC(=O)NC(COC1OC(CO)C(OC2OC(CO)C(OC3OC(CO)C(O)C(O)C3O)C(O)C2O)C(O)C1O)C(O)CCCCCCCCC. The first-order valence-electron chi connectivity index (χ1n) is 28.3. The van der Waals surface area contributed by atoms with Crippen molar-refractivity contribution in [2.45, 2.75) is 247 Å². The van der Waals surface area contributed by atoms with E-state index in [2.05, 4.69) is 104 Å². The third-order valence-electron chi connectivity index (χ3n) is 13.7. The summed E-state index contributed by atoms with van der Waals surface area (Å²) in [5.74, 6) is -0.285. The van der Waals surface area contributed by atoms with Gasteiger partial charge >= 0.3 is 0 Å². The molecule has 19 heteroatoms. The smallest absolute Gasteiger partial charge is 0.220 e. The van der Waals surface area contributed by atoms with E-state index >= 15 is 0 Å². The van der Waals surface area contributed by atoms with Crippen molar-refractivity contribution in [2.75, 3.05) is 26.4 Å². The Morgan fingerprint density at radius 1 is 0.481 bits per heavy atom. The van der Waals surface area contributed by atoms with E-state index in [-0.39, 0.29) is 18.9 Å². The van der Waals surface area contributed by atoms with Crippen molar-refractivity contribution in [1.29, 1.82) is 0 Å². The highest BCUT2D eigenvalue weighted by Gasteiger charge is 2.53. The zero-order chi connectivity index (χ0) is 56.2. The predicted molar refractivity (Wildman–Crippen MR) is 291 cm³/mol. The zero-order valence-corrected chi connectivity index (χ0v) is 45.6. The summed E-state index contributed by atoms with van der Waals surface area (Å²) in [6.07, 6.45) is 21.4. The minimum atomic E-state index is -1.98. The van der Waals surface area contributed by atoms with E-state index in [1.165, 1.54) is 6.42 Å². The second kappa shape index (κ2) is 41.0. The summed E-state index contributed by atoms with van der Waals surface area (Å²) in [6, 6.07) is -0.908. The molecule has 3 rings (SSSR count). The van der Waals surface area contributed by atoms with E-state index in [0.717, 1.165) is 96.3 Å². The summed E-state index contributed by atoms with van der Waals surface area (Å²) >= 11 is 0. The van der Waals surface area contributed by atoms with E-state index in [1.807, 2.05) is 0 Å². The minimum Gasteiger partial charge on any atom is -0.394 e. The molecule has 17 atom stereocenters. The Morgan fingerprint density at radius 2 is 0.896 bits per heavy atom. The summed E-state index contributed by atoms with van der Waals surface area (Å²) < 4.78 is 34.1. The Morgan fingerprint density at radius 3 is 1.39 bits per heavy atom. The number of rotatable bonds is 39. The van der Waals surface area contributed by atoms with Crippen molar-refractivity contribution in [3.63, 3.8) is 0 Å². The van der Waals surface area contributed by atoms with E-state index < -0.39 is 124 Å². The molecule has 0 radical (unpaired) electrons. The number of aliphatic hydroxyl groups is 11. The number of unbranched alkanes of at least 4 members (excludes halogenated alkanes) is 9. The van der Waals surface area contributed by atoms with Crippen molar-refractivity contribution in [2.24, 2.45) is 0 Å². The van der Waals surface area contributed by atoms with Gasteiger partial charge in [0.05, 0.1) is 38.6 Å². The van der Waals surface area contributed by atoms with Crippen molar-refractivity contribution in [3.8, 4) is 0 Å². The number of hydrogen-bond donors (Lipinski definition) is 12. The number of hydrogen-bond acceptors (Lipinski definition) is 18. The lowest BCUT2D eigenvalue weighted by molar-refractivity contribution is -0.379. The summed E-state index contributed by atoms with van der Waals surface area (Å²) in [4.78, 5) is 13.2. The number of nitrogens with one attached hydrogen (secondary N) is 1. The summed E-state index contributed by atoms with van der Waals surface area (Å²) in [5, 5.41) is 120. The first-order valence-corrected chi connectivity index (χ1v) is 28.3. The number of carbonyl (C=O) groups excluding carboxylic acids is 1. The van der Waals surface area contributed by atoms with Gasteiger partial charge in [0.15, 0.2) is 18.9 Å². The van der Waals surface area contributed by atoms with Crippen LogP contribution in [0.1, 0.15) is 142 Å². The molecule has 19 nitrogen and oxygen atoms in total. The van der Waals surface area contributed by atoms with Gasteiger partial charge in [0.25, 0.3) is 0 Å². The summed E-state index contributed by atoms with van der Waals surface area (Å²) in [6.45, 7) is 1.54. The highest BCUT2D eigenvalue weighted by molar-refractivity contribution is 5.76. The summed E-state index contributed by atoms with van der Waals surface area (Å²) in [5.41, 5.74) is 0. The third-order valence-corrected chi connectivity index (χ3v) is 13.7. The molecule has 0 bridgehead atoms. The Labute approximate surface area is 457 Å².